The molecule has 0 aliphatic carbocycles. The Morgan fingerprint density at radius 3 is 1.86 bits per heavy atom. The van der Waals surface area contributed by atoms with Gasteiger partial charge < -0.3 is 14.6 Å². The first-order chi connectivity index (χ1) is 24.6. The van der Waals surface area contributed by atoms with Crippen LogP contribution in [0.15, 0.2) is 115 Å². The summed E-state index contributed by atoms with van der Waals surface area (Å²) in [6.07, 6.45) is 3.17. The second-order valence-corrected chi connectivity index (χ2v) is 14.5. The van der Waals surface area contributed by atoms with E-state index in [1.807, 2.05) is 42.5 Å². The molecule has 9 nitrogen and oxygen atoms in total. The molecule has 5 aromatic rings. The van der Waals surface area contributed by atoms with Crippen molar-refractivity contribution in [1.82, 2.24) is 30.8 Å². The number of nitrogens with one attached hydrogen (secondary N) is 2. The summed E-state index contributed by atoms with van der Waals surface area (Å²) in [5.74, 6) is 0.387. The number of aromatic nitrogens is 4. The maximum Gasteiger partial charge on any atom is 0.457 e. The van der Waals surface area contributed by atoms with Crippen molar-refractivity contribution in [2.24, 2.45) is 0 Å². The lowest BCUT2D eigenvalue weighted by Crippen LogP contribution is -2.47. The van der Waals surface area contributed by atoms with Crippen LogP contribution in [0.1, 0.15) is 81.1 Å². The molecule has 2 N–H and O–H groups in total. The molecule has 1 unspecified atom stereocenters. The van der Waals surface area contributed by atoms with Crippen LogP contribution in [0.2, 0.25) is 11.3 Å². The average molecular weight is 705 g/mol. The summed E-state index contributed by atoms with van der Waals surface area (Å²) in [5.41, 5.74) is 2.65. The SMILES string of the molecule is CC1(C)OB(CCCCC(NC(c2ccccc2)(c2ccccc2)c2ccccc2)c2nnnn2CC(=O)NCc2ccc(Cl)cc2)OC1(C)C. The van der Waals surface area contributed by atoms with E-state index < -0.39 is 5.54 Å². The molecule has 4 aromatic carbocycles. The van der Waals surface area contributed by atoms with Gasteiger partial charge in [0, 0.05) is 11.6 Å². The second kappa shape index (κ2) is 15.9. The first kappa shape index (κ1) is 36.4. The molecule has 264 valence electrons. The van der Waals surface area contributed by atoms with E-state index in [1.54, 1.807) is 4.68 Å². The number of hydrogen-bond donors (Lipinski definition) is 2. The minimum Gasteiger partial charge on any atom is -0.403 e. The zero-order chi connectivity index (χ0) is 35.9. The average Bonchev–Trinajstić information content (AvgIpc) is 3.68. The lowest BCUT2D eigenvalue weighted by molar-refractivity contribution is -0.122. The van der Waals surface area contributed by atoms with Crippen molar-refractivity contribution in [2.45, 2.75) is 89.1 Å². The summed E-state index contributed by atoms with van der Waals surface area (Å²) in [5, 5.41) is 20.7. The van der Waals surface area contributed by atoms with Gasteiger partial charge in [-0.25, -0.2) is 4.68 Å². The first-order valence-corrected chi connectivity index (χ1v) is 18.0. The van der Waals surface area contributed by atoms with E-state index in [0.717, 1.165) is 41.4 Å². The predicted octanol–water partition coefficient (Wildman–Crippen LogP) is 7.53. The molecule has 1 saturated heterocycles. The van der Waals surface area contributed by atoms with Crippen molar-refractivity contribution in [3.05, 3.63) is 148 Å². The van der Waals surface area contributed by atoms with Gasteiger partial charge in [-0.3, -0.25) is 10.1 Å². The van der Waals surface area contributed by atoms with Gasteiger partial charge in [0.05, 0.1) is 22.8 Å². The highest BCUT2D eigenvalue weighted by atomic mass is 35.5. The van der Waals surface area contributed by atoms with Crippen LogP contribution in [0, 0.1) is 0 Å². The van der Waals surface area contributed by atoms with Crippen molar-refractivity contribution in [2.75, 3.05) is 0 Å². The summed E-state index contributed by atoms with van der Waals surface area (Å²) < 4.78 is 14.2. The second-order valence-electron chi connectivity index (χ2n) is 14.1. The standard InChI is InChI=1S/C40H46BClN6O3/c1-38(2)39(3,4)51-41(50-38)27-15-14-22-35(37-45-46-47-48(37)29-36(49)43-28-30-23-25-34(42)26-24-30)44-40(31-16-8-5-9-17-31,32-18-10-6-11-19-32)33-20-12-7-13-21-33/h5-13,16-21,23-26,35,44H,14-15,22,27-29H2,1-4H3,(H,43,49). The molecule has 1 amide bonds. The van der Waals surface area contributed by atoms with Crippen LogP contribution >= 0.6 is 11.6 Å². The molecule has 0 bridgehead atoms. The number of amides is 1. The van der Waals surface area contributed by atoms with Gasteiger partial charge in [0.25, 0.3) is 0 Å². The fraction of sp³-hybridized carbons (Fsp3) is 0.350. The molecule has 1 aliphatic heterocycles. The molecule has 11 heteroatoms. The minimum atomic E-state index is -0.770. The van der Waals surface area contributed by atoms with Gasteiger partial charge in [0.1, 0.15) is 6.54 Å². The largest absolute Gasteiger partial charge is 0.457 e. The highest BCUT2D eigenvalue weighted by Crippen LogP contribution is 2.41. The van der Waals surface area contributed by atoms with E-state index >= 15 is 0 Å². The van der Waals surface area contributed by atoms with Crippen LogP contribution in [-0.4, -0.2) is 44.4 Å². The van der Waals surface area contributed by atoms with Gasteiger partial charge in [-0.2, -0.15) is 0 Å². The number of unbranched alkanes of at least 4 members (excludes halogenated alkanes) is 1. The molecule has 6 rings (SSSR count). The fourth-order valence-corrected chi connectivity index (χ4v) is 6.78. The van der Waals surface area contributed by atoms with Gasteiger partial charge >= 0.3 is 7.12 Å². The number of benzene rings is 4. The van der Waals surface area contributed by atoms with Gasteiger partial charge in [-0.15, -0.1) is 5.10 Å². The number of tetrazole rings is 1. The predicted molar refractivity (Wildman–Crippen MR) is 201 cm³/mol. The topological polar surface area (TPSA) is 103 Å². The summed E-state index contributed by atoms with van der Waals surface area (Å²) >= 11 is 6.05. The van der Waals surface area contributed by atoms with Crippen molar-refractivity contribution in [3.63, 3.8) is 0 Å². The van der Waals surface area contributed by atoms with Crippen LogP contribution in [-0.2, 0) is 32.7 Å². The number of hydrogen-bond acceptors (Lipinski definition) is 7. The van der Waals surface area contributed by atoms with Crippen molar-refractivity contribution >= 4 is 24.6 Å². The number of rotatable bonds is 15. The van der Waals surface area contributed by atoms with Crippen LogP contribution in [0.5, 0.6) is 0 Å². The normalized spacial score (nSPS) is 15.8. The Kier molecular flexibility index (Phi) is 11.4. The van der Waals surface area contributed by atoms with E-state index in [4.69, 9.17) is 20.9 Å². The molecule has 1 aromatic heterocycles. The lowest BCUT2D eigenvalue weighted by atomic mass is 9.76. The van der Waals surface area contributed by atoms with Gasteiger partial charge in [-0.1, -0.05) is 128 Å². The Bertz CT molecular complexity index is 1740. The molecular formula is C40H46BClN6O3. The van der Waals surface area contributed by atoms with E-state index in [2.05, 4.69) is 127 Å². The summed E-state index contributed by atoms with van der Waals surface area (Å²) in [7, 11) is -0.270. The summed E-state index contributed by atoms with van der Waals surface area (Å²) in [6, 6.07) is 38.4. The zero-order valence-electron chi connectivity index (χ0n) is 29.8. The molecule has 1 aliphatic rings. The maximum absolute atomic E-state index is 13.3. The number of carbonyl (C=O) groups is 1. The Labute approximate surface area is 306 Å². The molecular weight excluding hydrogens is 659 g/mol. The monoisotopic (exact) mass is 704 g/mol. The molecule has 0 spiro atoms. The van der Waals surface area contributed by atoms with E-state index in [1.165, 1.54) is 0 Å². The first-order valence-electron chi connectivity index (χ1n) is 17.6. The van der Waals surface area contributed by atoms with Gasteiger partial charge in [0.15, 0.2) is 5.82 Å². The van der Waals surface area contributed by atoms with Crippen molar-refractivity contribution in [1.29, 1.82) is 0 Å². The highest BCUT2D eigenvalue weighted by molar-refractivity contribution is 6.45. The van der Waals surface area contributed by atoms with E-state index in [0.29, 0.717) is 23.8 Å². The molecule has 2 heterocycles. The van der Waals surface area contributed by atoms with Crippen molar-refractivity contribution in [3.8, 4) is 0 Å². The maximum atomic E-state index is 13.3. The van der Waals surface area contributed by atoms with Crippen LogP contribution in [0.4, 0.5) is 0 Å². The number of carbonyl (C=O) groups excluding carboxylic acids is 1. The quantitative estimate of drug-likeness (QED) is 0.0660. The third-order valence-corrected chi connectivity index (χ3v) is 10.3. The number of nitrogens with zero attached hydrogens (tertiary/aromatic N) is 4. The Balaban J connectivity index is 1.31. The molecule has 0 radical (unpaired) electrons. The lowest BCUT2D eigenvalue weighted by Gasteiger charge is -2.40. The van der Waals surface area contributed by atoms with Crippen LogP contribution < -0.4 is 10.6 Å². The van der Waals surface area contributed by atoms with E-state index in [-0.39, 0.29) is 36.8 Å². The highest BCUT2D eigenvalue weighted by Gasteiger charge is 2.50. The Morgan fingerprint density at radius 1 is 0.804 bits per heavy atom. The zero-order valence-corrected chi connectivity index (χ0v) is 30.5. The van der Waals surface area contributed by atoms with Crippen molar-refractivity contribution < 1.29 is 14.1 Å². The number of halogens is 1. The summed E-state index contributed by atoms with van der Waals surface area (Å²) in [6.45, 7) is 8.65. The Morgan fingerprint density at radius 2 is 1.33 bits per heavy atom. The third-order valence-electron chi connectivity index (χ3n) is 10.1. The smallest absolute Gasteiger partial charge is 0.403 e. The summed E-state index contributed by atoms with van der Waals surface area (Å²) in [4.78, 5) is 13.3. The Hall–Kier alpha value is -4.35. The molecule has 51 heavy (non-hydrogen) atoms. The van der Waals surface area contributed by atoms with Gasteiger partial charge in [-0.05, 0) is 85.2 Å². The fourth-order valence-electron chi connectivity index (χ4n) is 6.65. The van der Waals surface area contributed by atoms with Gasteiger partial charge in [0.2, 0.25) is 5.91 Å². The third kappa shape index (κ3) is 8.42. The van der Waals surface area contributed by atoms with Crippen LogP contribution in [0.3, 0.4) is 0 Å². The molecule has 1 atom stereocenters. The molecule has 0 saturated carbocycles. The van der Waals surface area contributed by atoms with Crippen LogP contribution in [0.25, 0.3) is 0 Å². The minimum absolute atomic E-state index is 0.0307. The molecule has 1 fully saturated rings. The van der Waals surface area contributed by atoms with E-state index in [9.17, 15) is 4.79 Å².